The number of oxazole rings is 1. The van der Waals surface area contributed by atoms with Crippen LogP contribution in [-0.2, 0) is 35.4 Å². The van der Waals surface area contributed by atoms with Gasteiger partial charge in [0, 0.05) is 43.0 Å². The summed E-state index contributed by atoms with van der Waals surface area (Å²) in [5, 5.41) is 14.8. The number of alkyl halides is 1. The molecule has 7 atom stereocenters. The number of carbonyl (C=O) groups excluding carboxylic acids is 1. The number of aliphatic hydroxyl groups is 1. The number of anilines is 1. The van der Waals surface area contributed by atoms with E-state index in [9.17, 15) is 22.7 Å². The van der Waals surface area contributed by atoms with Crippen LogP contribution in [0.2, 0.25) is 0 Å². The first-order chi connectivity index (χ1) is 23.3. The number of aliphatic hydroxyl groups excluding tert-OH is 1. The Hall–Kier alpha value is -3.17. The molecule has 11 nitrogen and oxygen atoms in total. The van der Waals surface area contributed by atoms with Gasteiger partial charge in [-0.25, -0.2) is 17.2 Å². The third-order valence-electron chi connectivity index (χ3n) is 10.1. The van der Waals surface area contributed by atoms with Crippen LogP contribution in [0.3, 0.4) is 0 Å². The fraction of sp³-hybridized carbons (Fsp3) is 0.600. The summed E-state index contributed by atoms with van der Waals surface area (Å²) in [4.78, 5) is 17.7. The fourth-order valence-electron chi connectivity index (χ4n) is 7.53. The minimum absolute atomic E-state index is 0.0226. The second-order valence-electron chi connectivity index (χ2n) is 14.6. The second kappa shape index (κ2) is 13.5. The molecule has 49 heavy (non-hydrogen) atoms. The highest BCUT2D eigenvalue weighted by Crippen LogP contribution is 2.50. The Morgan fingerprint density at radius 1 is 1.16 bits per heavy atom. The van der Waals surface area contributed by atoms with Crippen molar-refractivity contribution in [2.45, 2.75) is 87.5 Å². The summed E-state index contributed by atoms with van der Waals surface area (Å²) < 4.78 is 81.3. The van der Waals surface area contributed by atoms with Gasteiger partial charge in [0.2, 0.25) is 10.0 Å². The lowest BCUT2D eigenvalue weighted by Gasteiger charge is -2.31. The second-order valence-corrected chi connectivity index (χ2v) is 16.5. The number of carbonyl (C=O) groups is 1. The lowest BCUT2D eigenvalue weighted by Crippen LogP contribution is -2.46. The molecule has 1 aromatic heterocycles. The van der Waals surface area contributed by atoms with E-state index in [0.717, 1.165) is 23.6 Å². The van der Waals surface area contributed by atoms with E-state index in [2.05, 4.69) is 10.3 Å². The van der Waals surface area contributed by atoms with Gasteiger partial charge in [-0.15, -0.1) is 0 Å². The third-order valence-corrected chi connectivity index (χ3v) is 11.9. The zero-order chi connectivity index (χ0) is 34.5. The Labute approximate surface area is 284 Å². The zero-order valence-electron chi connectivity index (χ0n) is 27.6. The van der Waals surface area contributed by atoms with Crippen molar-refractivity contribution in [3.05, 3.63) is 53.8 Å². The molecule has 4 fully saturated rings. The Morgan fingerprint density at radius 3 is 2.67 bits per heavy atom. The van der Waals surface area contributed by atoms with Crippen LogP contribution >= 0.6 is 0 Å². The maximum absolute atomic E-state index is 15.2. The molecule has 4 aliphatic rings. The summed E-state index contributed by atoms with van der Waals surface area (Å²) in [5.74, 6) is -1.27. The Balaban J connectivity index is 1.10. The van der Waals surface area contributed by atoms with E-state index in [1.807, 2.05) is 0 Å². The molecule has 2 unspecified atom stereocenters. The van der Waals surface area contributed by atoms with E-state index in [1.54, 1.807) is 12.1 Å². The fourth-order valence-corrected chi connectivity index (χ4v) is 9.15. The maximum Gasteiger partial charge on any atom is 0.306 e. The lowest BCUT2D eigenvalue weighted by molar-refractivity contribution is -0.165. The number of hydrogen-bond acceptors (Lipinski definition) is 10. The topological polar surface area (TPSA) is 140 Å². The van der Waals surface area contributed by atoms with Crippen molar-refractivity contribution < 1.29 is 45.7 Å². The molecule has 0 spiro atoms. The van der Waals surface area contributed by atoms with Gasteiger partial charge in [-0.2, -0.15) is 9.29 Å². The van der Waals surface area contributed by atoms with Gasteiger partial charge in [-0.05, 0) is 81.7 Å². The van der Waals surface area contributed by atoms with Crippen molar-refractivity contribution in [3.8, 4) is 0 Å². The van der Waals surface area contributed by atoms with Crippen LogP contribution in [0.1, 0.15) is 51.5 Å². The molecule has 3 aromatic rings. The van der Waals surface area contributed by atoms with E-state index >= 15 is 4.39 Å². The maximum atomic E-state index is 15.2. The van der Waals surface area contributed by atoms with Crippen LogP contribution in [0.5, 0.6) is 0 Å². The van der Waals surface area contributed by atoms with Gasteiger partial charge in [0.1, 0.15) is 23.1 Å². The monoisotopic (exact) mass is 703 g/mol. The molecule has 0 bridgehead atoms. The third kappa shape index (κ3) is 7.78. The van der Waals surface area contributed by atoms with Gasteiger partial charge >= 0.3 is 5.97 Å². The molecule has 266 valence electrons. The Morgan fingerprint density at radius 2 is 1.94 bits per heavy atom. The summed E-state index contributed by atoms with van der Waals surface area (Å²) in [7, 11) is -4.37. The van der Waals surface area contributed by atoms with Crippen molar-refractivity contribution in [3.63, 3.8) is 0 Å². The molecule has 0 radical (unpaired) electrons. The number of ether oxygens (including phenoxy) is 3. The molecule has 7 rings (SSSR count). The van der Waals surface area contributed by atoms with Crippen LogP contribution in [0.25, 0.3) is 11.1 Å². The number of nitrogens with zero attached hydrogens (tertiary/aromatic N) is 2. The highest BCUT2D eigenvalue weighted by Gasteiger charge is 2.55. The summed E-state index contributed by atoms with van der Waals surface area (Å²) in [6.45, 7) is 2.50. The van der Waals surface area contributed by atoms with E-state index in [-0.39, 0.29) is 53.6 Å². The number of fused-ring (bicyclic) bond motifs is 1. The molecule has 2 N–H and O–H groups in total. The molecular weight excluding hydrogens is 660 g/mol. The molecule has 2 saturated heterocycles. The molecule has 0 amide bonds. The van der Waals surface area contributed by atoms with Crippen molar-refractivity contribution in [2.24, 2.45) is 23.7 Å². The van der Waals surface area contributed by atoms with Gasteiger partial charge in [0.05, 0.1) is 30.6 Å². The highest BCUT2D eigenvalue weighted by molar-refractivity contribution is 7.89. The Bertz CT molecular complexity index is 1760. The molecule has 2 saturated carbocycles. The van der Waals surface area contributed by atoms with Gasteiger partial charge in [0.25, 0.3) is 6.01 Å². The summed E-state index contributed by atoms with van der Waals surface area (Å²) in [6.07, 6.45) is 1.44. The van der Waals surface area contributed by atoms with Crippen LogP contribution in [0.15, 0.2) is 51.8 Å². The summed E-state index contributed by atoms with van der Waals surface area (Å²) in [6, 6.07) is 10.5. The quantitative estimate of drug-likeness (QED) is 0.225. The SMILES string of the molecule is CC(C)(F)CN(C[C@@H](O)C(CC(=O)O[C@H]1C[C@H]2CCO[C@H]3OCC1[C@@H]23)Cc1ccc(F)cc1)S(=O)(=O)c1ccc2nc(NC3CC3)oc2c1. The average Bonchev–Trinajstić information content (AvgIpc) is 3.44. The number of rotatable bonds is 14. The van der Waals surface area contributed by atoms with E-state index < -0.39 is 52.6 Å². The molecule has 3 heterocycles. The summed E-state index contributed by atoms with van der Waals surface area (Å²) in [5.41, 5.74) is -0.606. The van der Waals surface area contributed by atoms with E-state index in [0.29, 0.717) is 42.6 Å². The minimum atomic E-state index is -4.37. The minimum Gasteiger partial charge on any atom is -0.462 e. The number of aromatic nitrogens is 1. The van der Waals surface area contributed by atoms with Crippen molar-refractivity contribution >= 4 is 33.1 Å². The van der Waals surface area contributed by atoms with Crippen LogP contribution < -0.4 is 5.32 Å². The number of nitrogens with one attached hydrogen (secondary N) is 1. The highest BCUT2D eigenvalue weighted by atomic mass is 32.2. The van der Waals surface area contributed by atoms with Gasteiger partial charge in [0.15, 0.2) is 11.9 Å². The largest absolute Gasteiger partial charge is 0.462 e. The zero-order valence-corrected chi connectivity index (χ0v) is 28.4. The van der Waals surface area contributed by atoms with E-state index in [4.69, 9.17) is 18.6 Å². The predicted molar refractivity (Wildman–Crippen MR) is 174 cm³/mol. The van der Waals surface area contributed by atoms with Crippen molar-refractivity contribution in [1.29, 1.82) is 0 Å². The standard InChI is InChI=1S/C35H43F2N3O8S/c1-35(2,37)19-40(49(43,44)25-9-10-27-30(16-25)48-34(39-27)38-24-7-8-24)17-28(41)22(13-20-3-5-23(36)6-4-20)15-31(42)47-29-14-21-11-12-45-33-32(21)26(29)18-46-33/h3-6,9-10,16,21-22,24,26,28-29,32-33,41H,7-8,11-15,17-19H2,1-2H3,(H,38,39)/t21-,22?,26?,28-,29+,32-,33+/m1/s1. The Kier molecular flexibility index (Phi) is 9.46. The van der Waals surface area contributed by atoms with E-state index in [1.165, 1.54) is 44.2 Å². The number of esters is 1. The molecule has 2 aliphatic carbocycles. The van der Waals surface area contributed by atoms with Crippen molar-refractivity contribution in [1.82, 2.24) is 9.29 Å². The number of sulfonamides is 1. The summed E-state index contributed by atoms with van der Waals surface area (Å²) >= 11 is 0. The first kappa shape index (κ1) is 34.3. The van der Waals surface area contributed by atoms with Crippen LogP contribution in [-0.4, -0.2) is 85.3 Å². The van der Waals surface area contributed by atoms with Gasteiger partial charge in [-0.1, -0.05) is 12.1 Å². The number of hydrogen-bond donors (Lipinski definition) is 2. The van der Waals surface area contributed by atoms with Gasteiger partial charge < -0.3 is 29.1 Å². The molecule has 14 heteroatoms. The first-order valence-corrected chi connectivity index (χ1v) is 18.5. The predicted octanol–water partition coefficient (Wildman–Crippen LogP) is 4.83. The number of benzene rings is 2. The smallest absolute Gasteiger partial charge is 0.306 e. The molecule has 2 aliphatic heterocycles. The lowest BCUT2D eigenvalue weighted by atomic mass is 9.87. The average molecular weight is 704 g/mol. The van der Waals surface area contributed by atoms with Crippen LogP contribution in [0, 0.1) is 29.5 Å². The van der Waals surface area contributed by atoms with Gasteiger partial charge in [-0.3, -0.25) is 4.79 Å². The normalized spacial score (nSPS) is 26.5. The molecular formula is C35H43F2N3O8S. The number of halogens is 2. The molecule has 2 aromatic carbocycles. The van der Waals surface area contributed by atoms with Crippen molar-refractivity contribution in [2.75, 3.05) is 31.6 Å². The van der Waals surface area contributed by atoms with Crippen LogP contribution in [0.4, 0.5) is 14.8 Å². The first-order valence-electron chi connectivity index (χ1n) is 17.0.